The summed E-state index contributed by atoms with van der Waals surface area (Å²) < 4.78 is 60.8. The maximum absolute atomic E-state index is 13.7. The molecule has 0 rings (SSSR count). The van der Waals surface area contributed by atoms with Crippen molar-refractivity contribution < 1.29 is 70.5 Å². The Bertz CT molecular complexity index is 2050. The number of rotatable bonds is 82. The molecule has 0 saturated carbocycles. The molecule has 0 heterocycles. The van der Waals surface area contributed by atoms with Crippen LogP contribution in [0.25, 0.3) is 0 Å². The van der Waals surface area contributed by atoms with E-state index in [2.05, 4.69) is 62.8 Å². The van der Waals surface area contributed by atoms with E-state index in [1.165, 1.54) is 205 Å². The van der Waals surface area contributed by atoms with E-state index >= 15 is 0 Å². The van der Waals surface area contributed by atoms with E-state index in [9.17, 15) is 42.9 Å². The molecule has 106 heavy (non-hydrogen) atoms. The van der Waals surface area contributed by atoms with Gasteiger partial charge < -0.3 is 40.5 Å². The second kappa shape index (κ2) is 77.2. The summed E-state index contributed by atoms with van der Waals surface area (Å²) in [4.78, 5) is 89.3. The Morgan fingerprint density at radius 2 is 0.538 bits per heavy atom. The topological polar surface area (TPSA) is 263 Å². The van der Waals surface area contributed by atoms with Crippen molar-refractivity contribution in [2.45, 2.75) is 451 Å². The van der Waals surface area contributed by atoms with Gasteiger partial charge in [-0.1, -0.05) is 362 Å². The van der Waals surface area contributed by atoms with Crippen molar-refractivity contribution in [3.05, 3.63) is 24.3 Å². The van der Waals surface area contributed by atoms with Gasteiger partial charge in [-0.2, -0.15) is 0 Å². The van der Waals surface area contributed by atoms with Gasteiger partial charge in [0.15, 0.2) is 0 Å². The summed E-state index contributed by atoms with van der Waals surface area (Å²) in [5, 5.41) is 11.0. The fourth-order valence-corrected chi connectivity index (χ4v) is 14.5. The van der Waals surface area contributed by atoms with E-state index in [0.717, 1.165) is 128 Å². The second-order valence-electron chi connectivity index (χ2n) is 30.0. The second-order valence-corrected chi connectivity index (χ2v) is 32.9. The van der Waals surface area contributed by atoms with Crippen molar-refractivity contribution >= 4 is 45.4 Å². The van der Waals surface area contributed by atoms with Gasteiger partial charge in [-0.3, -0.25) is 37.3 Å². The first kappa shape index (κ1) is 103. The minimum Gasteiger partial charge on any atom is -0.456 e. The summed E-state index contributed by atoms with van der Waals surface area (Å²) in [6, 6.07) is -2.77. The average molecular weight is 1540 g/mol. The van der Waals surface area contributed by atoms with Crippen LogP contribution in [0.15, 0.2) is 24.3 Å². The number of carbonyl (C=O) groups excluding carboxylic acids is 5. The zero-order valence-corrected chi connectivity index (χ0v) is 70.7. The van der Waals surface area contributed by atoms with Gasteiger partial charge in [-0.25, -0.2) is 13.9 Å². The van der Waals surface area contributed by atoms with Crippen LogP contribution in [0.4, 0.5) is 4.79 Å². The van der Waals surface area contributed by atoms with Crippen LogP contribution < -0.4 is 21.3 Å². The molecule has 0 aliphatic carbocycles. The molecule has 0 aliphatic heterocycles. The zero-order chi connectivity index (χ0) is 77.8. The van der Waals surface area contributed by atoms with Crippen LogP contribution in [0.3, 0.4) is 0 Å². The fraction of sp³-hybridized carbons (Fsp3) is 0.894. The minimum atomic E-state index is -4.82. The SMILES string of the molecule is CCCCCCCCC/C=C/C(OC(=O)CCCCCCCCCCC)[C@H](COP(=O)(O)OCCNC(=O)NCCOP(=O)(O)OC[C@H](NC(=O)CCCCCCCCCCCCC)C(/C=C/CCCCCCCCC)OC(=O)CCCCCCCCCCC)NC(=O)CCCCCCCCCCCCC. The molecule has 0 aromatic carbocycles. The van der Waals surface area contributed by atoms with Crippen LogP contribution in [0.1, 0.15) is 427 Å². The van der Waals surface area contributed by atoms with Crippen molar-refractivity contribution in [3.63, 3.8) is 0 Å². The van der Waals surface area contributed by atoms with Crippen molar-refractivity contribution in [2.75, 3.05) is 39.5 Å². The predicted molar refractivity (Wildman–Crippen MR) is 438 cm³/mol. The van der Waals surface area contributed by atoms with E-state index in [1.807, 2.05) is 12.2 Å². The van der Waals surface area contributed by atoms with E-state index < -0.39 is 84.3 Å². The lowest BCUT2D eigenvalue weighted by molar-refractivity contribution is -0.150. The maximum atomic E-state index is 13.7. The van der Waals surface area contributed by atoms with Crippen LogP contribution in [-0.4, -0.2) is 103 Å². The van der Waals surface area contributed by atoms with Gasteiger partial charge in [0, 0.05) is 38.8 Å². The Balaban J connectivity index is 6.07. The third kappa shape index (κ3) is 71.2. The van der Waals surface area contributed by atoms with Crippen molar-refractivity contribution in [3.8, 4) is 0 Å². The fourth-order valence-electron chi connectivity index (χ4n) is 13.0. The number of hydrogen-bond acceptors (Lipinski definition) is 13. The Kier molecular flexibility index (Phi) is 74.9. The number of esters is 2. The highest BCUT2D eigenvalue weighted by Gasteiger charge is 2.32. The minimum absolute atomic E-state index is 0.199. The summed E-state index contributed by atoms with van der Waals surface area (Å²) in [6.07, 6.45) is 68.2. The molecule has 0 fully saturated rings. The molecule has 6 N–H and O–H groups in total. The summed E-state index contributed by atoms with van der Waals surface area (Å²) in [6.45, 7) is 10.8. The van der Waals surface area contributed by atoms with Gasteiger partial charge in [0.05, 0.1) is 38.5 Å². The number of amides is 4. The lowest BCUT2D eigenvalue weighted by atomic mass is 10.0. The van der Waals surface area contributed by atoms with Gasteiger partial charge >= 0.3 is 33.6 Å². The van der Waals surface area contributed by atoms with E-state index in [1.54, 1.807) is 12.2 Å². The molecule has 21 heteroatoms. The molecule has 19 nitrogen and oxygen atoms in total. The Morgan fingerprint density at radius 1 is 0.311 bits per heavy atom. The van der Waals surface area contributed by atoms with Crippen molar-refractivity contribution in [2.24, 2.45) is 0 Å². The Labute approximate surface area is 648 Å². The molecule has 0 bridgehead atoms. The molecule has 0 saturated heterocycles. The monoisotopic (exact) mass is 1540 g/mol. The number of hydrogen-bond donors (Lipinski definition) is 6. The van der Waals surface area contributed by atoms with Gasteiger partial charge in [0.1, 0.15) is 12.2 Å². The number of carbonyl (C=O) groups is 5. The molecule has 6 atom stereocenters. The largest absolute Gasteiger partial charge is 0.472 e. The van der Waals surface area contributed by atoms with E-state index in [-0.39, 0.29) is 50.6 Å². The Morgan fingerprint density at radius 3 is 0.792 bits per heavy atom. The first-order valence-electron chi connectivity index (χ1n) is 44.1. The van der Waals surface area contributed by atoms with E-state index in [4.69, 9.17) is 27.6 Å². The smallest absolute Gasteiger partial charge is 0.456 e. The molecule has 624 valence electrons. The van der Waals surface area contributed by atoms with Crippen molar-refractivity contribution in [1.82, 2.24) is 21.3 Å². The van der Waals surface area contributed by atoms with Gasteiger partial charge in [-0.05, 0) is 63.5 Å². The first-order chi connectivity index (χ1) is 51.6. The molecule has 0 radical (unpaired) electrons. The number of allylic oxidation sites excluding steroid dienone is 2. The van der Waals surface area contributed by atoms with Crippen molar-refractivity contribution in [1.29, 1.82) is 0 Å². The summed E-state index contributed by atoms with van der Waals surface area (Å²) in [7, 11) is -9.63. The van der Waals surface area contributed by atoms with Gasteiger partial charge in [0.2, 0.25) is 11.8 Å². The Hall–Kier alpha value is -3.15. The third-order valence-corrected chi connectivity index (χ3v) is 21.7. The molecule has 0 aliphatic rings. The third-order valence-electron chi connectivity index (χ3n) is 19.7. The van der Waals surface area contributed by atoms with Gasteiger partial charge in [-0.15, -0.1) is 0 Å². The van der Waals surface area contributed by atoms with Gasteiger partial charge in [0.25, 0.3) is 0 Å². The number of nitrogens with one attached hydrogen (secondary N) is 4. The molecule has 4 amide bonds. The zero-order valence-electron chi connectivity index (χ0n) is 68.9. The number of phosphoric ester groups is 2. The lowest BCUT2D eigenvalue weighted by Gasteiger charge is -2.27. The van der Waals surface area contributed by atoms with Crippen LogP contribution in [0.5, 0.6) is 0 Å². The summed E-state index contributed by atoms with van der Waals surface area (Å²) in [5.74, 6) is -1.42. The lowest BCUT2D eigenvalue weighted by Crippen LogP contribution is -2.47. The highest BCUT2D eigenvalue weighted by Crippen LogP contribution is 2.44. The molecule has 0 aromatic heterocycles. The molecular weight excluding hydrogens is 1380 g/mol. The standard InChI is InChI=1S/C85H164N4O15P2/c1-7-13-19-25-31-37-39-45-49-55-61-67-81(90)88-77(79(65-59-53-47-41-33-27-21-15-9-3)103-83(92)69-63-57-51-43-35-29-23-17-11-5)75-101-105(95,96)99-73-71-86-85(94)87-72-74-100-106(97,98)102-76-78(89-82(91)68-62-56-50-46-40-38-32-26-20-14-8-2)80(66-60-54-48-42-34-28-22-16-10-4)104-84(93)70-64-58-52-44-36-30-24-18-12-6/h59-60,65-66,77-80H,7-58,61-64,67-76H2,1-6H3,(H,88,90)(H,89,91)(H,95,96)(H,97,98)(H2,86,87,94)/b65-59+,66-60+/t77-,78-,79?,80?/m0/s1. The van der Waals surface area contributed by atoms with Crippen LogP contribution in [-0.2, 0) is 55.9 Å². The number of unbranched alkanes of at least 4 members (excludes halogenated alkanes) is 50. The normalized spacial score (nSPS) is 14.0. The average Bonchev–Trinajstić information content (AvgIpc) is 0.881. The quantitative estimate of drug-likeness (QED) is 0.0143. The first-order valence-corrected chi connectivity index (χ1v) is 47.1. The molecular formula is C85H164N4O15P2. The number of phosphoric acid groups is 2. The highest BCUT2D eigenvalue weighted by atomic mass is 31.2. The predicted octanol–water partition coefficient (Wildman–Crippen LogP) is 24.0. The van der Waals surface area contributed by atoms with E-state index in [0.29, 0.717) is 25.7 Å². The molecule has 0 aromatic rings. The number of ether oxygens (including phenoxy) is 2. The van der Waals surface area contributed by atoms with Crippen LogP contribution in [0.2, 0.25) is 0 Å². The van der Waals surface area contributed by atoms with Crippen LogP contribution >= 0.6 is 15.6 Å². The van der Waals surface area contributed by atoms with Crippen LogP contribution in [0, 0.1) is 0 Å². The maximum Gasteiger partial charge on any atom is 0.472 e. The highest BCUT2D eigenvalue weighted by molar-refractivity contribution is 7.47. The summed E-state index contributed by atoms with van der Waals surface area (Å²) in [5.41, 5.74) is 0. The molecule has 0 spiro atoms. The number of urea groups is 1. The summed E-state index contributed by atoms with van der Waals surface area (Å²) >= 11 is 0. The molecule has 4 unspecified atom stereocenters.